The first-order chi connectivity index (χ1) is 12.9. The molecular formula is C19H25NO5S2. The Labute approximate surface area is 164 Å². The van der Waals surface area contributed by atoms with Crippen LogP contribution in [0.4, 0.5) is 0 Å². The van der Waals surface area contributed by atoms with Crippen LogP contribution in [-0.2, 0) is 24.2 Å². The van der Waals surface area contributed by atoms with Gasteiger partial charge in [-0.1, -0.05) is 25.3 Å². The second kappa shape index (κ2) is 9.01. The van der Waals surface area contributed by atoms with E-state index in [-0.39, 0.29) is 36.1 Å². The van der Waals surface area contributed by atoms with Gasteiger partial charge >= 0.3 is 5.97 Å². The van der Waals surface area contributed by atoms with Gasteiger partial charge in [-0.3, -0.25) is 4.79 Å². The predicted octanol–water partition coefficient (Wildman–Crippen LogP) is 2.65. The van der Waals surface area contributed by atoms with Crippen molar-refractivity contribution in [3.05, 3.63) is 28.5 Å². The molecule has 2 fully saturated rings. The van der Waals surface area contributed by atoms with Gasteiger partial charge in [-0.2, -0.15) is 0 Å². The largest absolute Gasteiger partial charge is 0.452 e. The fourth-order valence-electron chi connectivity index (χ4n) is 3.85. The number of nitrogens with zero attached hydrogens (tertiary/aromatic N) is 1. The summed E-state index contributed by atoms with van der Waals surface area (Å²) in [5.74, 6) is -0.722. The van der Waals surface area contributed by atoms with E-state index in [0.717, 1.165) is 37.0 Å². The summed E-state index contributed by atoms with van der Waals surface area (Å²) in [5, 5.41) is 1.91. The summed E-state index contributed by atoms with van der Waals surface area (Å²) in [7, 11) is -3.09. The molecule has 1 saturated carbocycles. The minimum absolute atomic E-state index is 0.0153. The summed E-state index contributed by atoms with van der Waals surface area (Å²) in [6, 6.07) is 3.51. The number of carbonyl (C=O) groups excluding carboxylic acids is 2. The summed E-state index contributed by atoms with van der Waals surface area (Å²) in [5.41, 5.74) is 0. The maximum Gasteiger partial charge on any atom is 0.331 e. The summed E-state index contributed by atoms with van der Waals surface area (Å²) < 4.78 is 28.9. The molecule has 0 spiro atoms. The van der Waals surface area contributed by atoms with Gasteiger partial charge in [0.15, 0.2) is 16.4 Å². The number of esters is 1. The predicted molar refractivity (Wildman–Crippen MR) is 105 cm³/mol. The molecular weight excluding hydrogens is 386 g/mol. The first-order valence-electron chi connectivity index (χ1n) is 9.34. The average molecular weight is 412 g/mol. The standard InChI is InChI=1S/C19H25NO5S2/c21-18(13-25-19(22)9-8-17-7-4-11-26-17)20(15-5-2-1-3-6-15)16-10-12-27(23,24)14-16/h4,7-9,11,15-16H,1-3,5-6,10,12-14H2/b9-8+/t16-/m1/s1. The highest BCUT2D eigenvalue weighted by atomic mass is 32.2. The maximum absolute atomic E-state index is 12.8. The molecule has 0 bridgehead atoms. The molecule has 0 aromatic carbocycles. The quantitative estimate of drug-likeness (QED) is 0.531. The Balaban J connectivity index is 1.61. The van der Waals surface area contributed by atoms with Gasteiger partial charge in [0.1, 0.15) is 0 Å². The lowest BCUT2D eigenvalue weighted by atomic mass is 9.93. The van der Waals surface area contributed by atoms with Gasteiger partial charge < -0.3 is 9.64 Å². The zero-order valence-corrected chi connectivity index (χ0v) is 16.8. The number of amides is 1. The van der Waals surface area contributed by atoms with Crippen LogP contribution in [0.1, 0.15) is 43.4 Å². The fraction of sp³-hybridized carbons (Fsp3) is 0.579. The van der Waals surface area contributed by atoms with E-state index in [9.17, 15) is 18.0 Å². The molecule has 1 aliphatic heterocycles. The van der Waals surface area contributed by atoms with Crippen molar-refractivity contribution in [2.24, 2.45) is 0 Å². The SMILES string of the molecule is O=C(/C=C/c1cccs1)OCC(=O)N(C1CCCCC1)[C@@H]1CCS(=O)(=O)C1. The number of rotatable bonds is 6. The molecule has 0 N–H and O–H groups in total. The molecule has 1 amide bonds. The van der Waals surface area contributed by atoms with Crippen molar-refractivity contribution in [3.63, 3.8) is 0 Å². The molecule has 1 atom stereocenters. The third-order valence-corrected chi connectivity index (χ3v) is 7.71. The van der Waals surface area contributed by atoms with Gasteiger partial charge in [-0.15, -0.1) is 11.3 Å². The van der Waals surface area contributed by atoms with Crippen LogP contribution in [0.3, 0.4) is 0 Å². The van der Waals surface area contributed by atoms with Crippen LogP contribution < -0.4 is 0 Å². The molecule has 2 aliphatic rings. The van der Waals surface area contributed by atoms with E-state index in [4.69, 9.17) is 4.74 Å². The minimum Gasteiger partial charge on any atom is -0.452 e. The van der Waals surface area contributed by atoms with E-state index < -0.39 is 15.8 Å². The molecule has 2 heterocycles. The Bertz CT molecular complexity index is 779. The summed E-state index contributed by atoms with van der Waals surface area (Å²) >= 11 is 1.50. The molecule has 27 heavy (non-hydrogen) atoms. The van der Waals surface area contributed by atoms with E-state index in [1.807, 2.05) is 17.5 Å². The van der Waals surface area contributed by atoms with Crippen molar-refractivity contribution in [1.82, 2.24) is 4.90 Å². The number of ether oxygens (including phenoxy) is 1. The van der Waals surface area contributed by atoms with Crippen molar-refractivity contribution in [2.45, 2.75) is 50.6 Å². The summed E-state index contributed by atoms with van der Waals surface area (Å²) in [6.07, 6.45) is 8.42. The molecule has 8 heteroatoms. The van der Waals surface area contributed by atoms with Gasteiger partial charge in [0.05, 0.1) is 11.5 Å². The van der Waals surface area contributed by atoms with Crippen LogP contribution in [0.5, 0.6) is 0 Å². The van der Waals surface area contributed by atoms with Crippen LogP contribution in [-0.4, -0.2) is 55.4 Å². The molecule has 3 rings (SSSR count). The first kappa shape index (κ1) is 20.1. The van der Waals surface area contributed by atoms with E-state index in [1.165, 1.54) is 17.4 Å². The van der Waals surface area contributed by atoms with Crippen LogP contribution in [0, 0.1) is 0 Å². The highest BCUT2D eigenvalue weighted by Gasteiger charge is 2.38. The Morgan fingerprint density at radius 3 is 2.59 bits per heavy atom. The Morgan fingerprint density at radius 2 is 1.96 bits per heavy atom. The molecule has 0 radical (unpaired) electrons. The van der Waals surface area contributed by atoms with Crippen LogP contribution >= 0.6 is 11.3 Å². The van der Waals surface area contributed by atoms with Crippen molar-refractivity contribution < 1.29 is 22.7 Å². The van der Waals surface area contributed by atoms with Crippen molar-refractivity contribution in [3.8, 4) is 0 Å². The molecule has 1 aromatic heterocycles. The first-order valence-corrected chi connectivity index (χ1v) is 12.0. The van der Waals surface area contributed by atoms with Crippen LogP contribution in [0.25, 0.3) is 6.08 Å². The zero-order valence-electron chi connectivity index (χ0n) is 15.2. The van der Waals surface area contributed by atoms with Gasteiger partial charge in [0, 0.05) is 23.0 Å². The van der Waals surface area contributed by atoms with Gasteiger partial charge in [-0.25, -0.2) is 13.2 Å². The molecule has 0 unspecified atom stereocenters. The van der Waals surface area contributed by atoms with E-state index in [0.29, 0.717) is 6.42 Å². The number of thiophene rings is 1. The molecule has 1 saturated heterocycles. The van der Waals surface area contributed by atoms with Crippen LogP contribution in [0.2, 0.25) is 0 Å². The van der Waals surface area contributed by atoms with E-state index in [1.54, 1.807) is 11.0 Å². The lowest BCUT2D eigenvalue weighted by Crippen LogP contribution is -2.50. The van der Waals surface area contributed by atoms with Gasteiger partial charge in [0.25, 0.3) is 5.91 Å². The average Bonchev–Trinajstić information content (AvgIpc) is 3.29. The number of carbonyl (C=O) groups is 2. The number of hydrogen-bond donors (Lipinski definition) is 0. The maximum atomic E-state index is 12.8. The monoisotopic (exact) mass is 411 g/mol. The second-order valence-electron chi connectivity index (χ2n) is 7.11. The Hall–Kier alpha value is -1.67. The fourth-order valence-corrected chi connectivity index (χ4v) is 6.18. The van der Waals surface area contributed by atoms with Gasteiger partial charge in [-0.05, 0) is 36.8 Å². The highest BCUT2D eigenvalue weighted by Crippen LogP contribution is 2.28. The number of hydrogen-bond acceptors (Lipinski definition) is 6. The molecule has 1 aromatic rings. The summed E-state index contributed by atoms with van der Waals surface area (Å²) in [4.78, 5) is 27.3. The van der Waals surface area contributed by atoms with Crippen molar-refractivity contribution in [1.29, 1.82) is 0 Å². The lowest BCUT2D eigenvalue weighted by molar-refractivity contribution is -0.151. The van der Waals surface area contributed by atoms with Gasteiger partial charge in [0.2, 0.25) is 0 Å². The minimum atomic E-state index is -3.09. The van der Waals surface area contributed by atoms with E-state index in [2.05, 4.69) is 0 Å². The third-order valence-electron chi connectivity index (χ3n) is 5.12. The Kier molecular flexibility index (Phi) is 6.70. The molecule has 1 aliphatic carbocycles. The summed E-state index contributed by atoms with van der Waals surface area (Å²) in [6.45, 7) is -0.347. The highest BCUT2D eigenvalue weighted by molar-refractivity contribution is 7.91. The van der Waals surface area contributed by atoms with Crippen LogP contribution in [0.15, 0.2) is 23.6 Å². The molecule has 6 nitrogen and oxygen atoms in total. The lowest BCUT2D eigenvalue weighted by Gasteiger charge is -2.38. The number of sulfone groups is 1. The molecule has 148 valence electrons. The van der Waals surface area contributed by atoms with Crippen molar-refractivity contribution >= 4 is 39.1 Å². The normalized spacial score (nSPS) is 22.7. The van der Waals surface area contributed by atoms with E-state index >= 15 is 0 Å². The zero-order chi connectivity index (χ0) is 19.3. The van der Waals surface area contributed by atoms with Crippen molar-refractivity contribution in [2.75, 3.05) is 18.1 Å². The second-order valence-corrected chi connectivity index (χ2v) is 10.3. The third kappa shape index (κ3) is 5.65. The Morgan fingerprint density at radius 1 is 1.19 bits per heavy atom. The smallest absolute Gasteiger partial charge is 0.331 e. The topological polar surface area (TPSA) is 80.8 Å².